The molecule has 0 spiro atoms. The molecule has 7 nitrogen and oxygen atoms in total. The topological polar surface area (TPSA) is 69.0 Å². The van der Waals surface area contributed by atoms with Crippen molar-refractivity contribution in [3.8, 4) is 17.6 Å². The minimum Gasteiger partial charge on any atom is -0.497 e. The highest BCUT2D eigenvalue weighted by molar-refractivity contribution is 6.04. The summed E-state index contributed by atoms with van der Waals surface area (Å²) in [6.07, 6.45) is -4.65. The van der Waals surface area contributed by atoms with Crippen molar-refractivity contribution in [3.05, 3.63) is 47.0 Å². The lowest BCUT2D eigenvalue weighted by molar-refractivity contribution is -0.137. The SMILES string of the molecule is CCN(CC)CCN1CC(=O)N(C)c2c1cc(C#N)cc2C(F)(F)F.COc1ccc(C)c(OC)c1. The molecule has 36 heavy (non-hydrogen) atoms. The molecule has 10 heteroatoms. The van der Waals surface area contributed by atoms with Crippen LogP contribution in [0, 0.1) is 18.3 Å². The van der Waals surface area contributed by atoms with E-state index >= 15 is 0 Å². The smallest absolute Gasteiger partial charge is 0.418 e. The number of fused-ring (bicyclic) bond motifs is 1. The van der Waals surface area contributed by atoms with Gasteiger partial charge in [-0.05, 0) is 43.8 Å². The van der Waals surface area contributed by atoms with Gasteiger partial charge in [-0.25, -0.2) is 0 Å². The predicted octanol–water partition coefficient (Wildman–Crippen LogP) is 4.71. The van der Waals surface area contributed by atoms with E-state index in [1.807, 2.05) is 39.0 Å². The van der Waals surface area contributed by atoms with Crippen LogP contribution >= 0.6 is 0 Å². The molecule has 0 saturated carbocycles. The number of amides is 1. The number of ether oxygens (including phenoxy) is 2. The molecule has 1 aliphatic heterocycles. The van der Waals surface area contributed by atoms with Gasteiger partial charge >= 0.3 is 6.18 Å². The Morgan fingerprint density at radius 2 is 1.78 bits per heavy atom. The molecule has 0 radical (unpaired) electrons. The quantitative estimate of drug-likeness (QED) is 0.542. The number of aryl methyl sites for hydroxylation is 1. The largest absolute Gasteiger partial charge is 0.497 e. The number of likely N-dealkylation sites (N-methyl/N-ethyl adjacent to an activating group) is 2. The molecule has 196 valence electrons. The van der Waals surface area contributed by atoms with Gasteiger partial charge in [-0.3, -0.25) is 4.79 Å². The number of methoxy groups -OCH3 is 2. The second kappa shape index (κ2) is 12.5. The second-order valence-corrected chi connectivity index (χ2v) is 8.24. The number of rotatable bonds is 7. The van der Waals surface area contributed by atoms with Crippen LogP contribution in [0.2, 0.25) is 0 Å². The number of carbonyl (C=O) groups excluding carboxylic acids is 1. The van der Waals surface area contributed by atoms with Crippen molar-refractivity contribution in [1.82, 2.24) is 4.90 Å². The summed E-state index contributed by atoms with van der Waals surface area (Å²) in [6, 6.07) is 9.77. The van der Waals surface area contributed by atoms with Crippen molar-refractivity contribution in [3.63, 3.8) is 0 Å². The normalized spacial score (nSPS) is 13.1. The standard InChI is InChI=1S/C17H21F3N4O.C9H12O2/c1-4-23(5-2)6-7-24-11-15(25)22(3)16-13(17(18,19)20)8-12(10-21)9-14(16)24;1-7-4-5-8(10-2)6-9(7)11-3/h8-9H,4-7,11H2,1-3H3;4-6H,1-3H3. The fourth-order valence-corrected chi connectivity index (χ4v) is 3.90. The first-order valence-electron chi connectivity index (χ1n) is 11.6. The second-order valence-electron chi connectivity index (χ2n) is 8.24. The lowest BCUT2D eigenvalue weighted by Gasteiger charge is -2.38. The highest BCUT2D eigenvalue weighted by atomic mass is 19.4. The molecule has 0 unspecified atom stereocenters. The van der Waals surface area contributed by atoms with Crippen molar-refractivity contribution in [2.24, 2.45) is 0 Å². The Morgan fingerprint density at radius 3 is 2.31 bits per heavy atom. The van der Waals surface area contributed by atoms with Gasteiger partial charge in [0.15, 0.2) is 0 Å². The number of hydrogen-bond donors (Lipinski definition) is 0. The summed E-state index contributed by atoms with van der Waals surface area (Å²) < 4.78 is 50.5. The average molecular weight is 507 g/mol. The first-order chi connectivity index (χ1) is 17.0. The van der Waals surface area contributed by atoms with Crippen molar-refractivity contribution >= 4 is 17.3 Å². The van der Waals surface area contributed by atoms with Crippen LogP contribution in [0.3, 0.4) is 0 Å². The number of benzene rings is 2. The van der Waals surface area contributed by atoms with Crippen LogP contribution in [0.5, 0.6) is 11.5 Å². The molecule has 2 aromatic carbocycles. The van der Waals surface area contributed by atoms with E-state index in [0.717, 1.165) is 41.1 Å². The average Bonchev–Trinajstić information content (AvgIpc) is 2.86. The van der Waals surface area contributed by atoms with Crippen molar-refractivity contribution in [2.75, 3.05) is 63.8 Å². The highest BCUT2D eigenvalue weighted by Gasteiger charge is 2.40. The molecule has 0 bridgehead atoms. The number of hydrogen-bond acceptors (Lipinski definition) is 6. The zero-order valence-electron chi connectivity index (χ0n) is 21.6. The number of alkyl halides is 3. The van der Waals surface area contributed by atoms with Crippen molar-refractivity contribution in [2.45, 2.75) is 26.9 Å². The zero-order valence-corrected chi connectivity index (χ0v) is 21.6. The molecule has 1 heterocycles. The van der Waals surface area contributed by atoms with Crippen LogP contribution < -0.4 is 19.3 Å². The van der Waals surface area contributed by atoms with Gasteiger partial charge in [0, 0.05) is 26.2 Å². The van der Waals surface area contributed by atoms with E-state index < -0.39 is 17.6 Å². The molecule has 1 amide bonds. The van der Waals surface area contributed by atoms with Gasteiger partial charge < -0.3 is 24.2 Å². The number of carbonyl (C=O) groups is 1. The molecule has 2 aromatic rings. The van der Waals surface area contributed by atoms with Gasteiger partial charge in [-0.2, -0.15) is 18.4 Å². The van der Waals surface area contributed by atoms with Crippen LogP contribution in [0.25, 0.3) is 0 Å². The van der Waals surface area contributed by atoms with Gasteiger partial charge in [0.1, 0.15) is 11.5 Å². The van der Waals surface area contributed by atoms with Gasteiger partial charge in [-0.15, -0.1) is 0 Å². The Bertz CT molecular complexity index is 1100. The van der Waals surface area contributed by atoms with E-state index in [2.05, 4.69) is 4.90 Å². The van der Waals surface area contributed by atoms with Gasteiger partial charge in [0.25, 0.3) is 0 Å². The Labute approximate surface area is 210 Å². The molecule has 1 aliphatic rings. The van der Waals surface area contributed by atoms with Gasteiger partial charge in [-0.1, -0.05) is 19.9 Å². The maximum Gasteiger partial charge on any atom is 0.418 e. The molecule has 3 rings (SSSR count). The number of anilines is 2. The Morgan fingerprint density at radius 1 is 1.11 bits per heavy atom. The molecular weight excluding hydrogens is 473 g/mol. The fourth-order valence-electron chi connectivity index (χ4n) is 3.90. The van der Waals surface area contributed by atoms with Crippen molar-refractivity contribution < 1.29 is 27.4 Å². The first-order valence-corrected chi connectivity index (χ1v) is 11.6. The van der Waals surface area contributed by atoms with E-state index in [1.54, 1.807) is 25.2 Å². The lowest BCUT2D eigenvalue weighted by Crippen LogP contribution is -2.47. The minimum atomic E-state index is -4.65. The summed E-state index contributed by atoms with van der Waals surface area (Å²) in [6.45, 7) is 8.68. The molecular formula is C26H33F3N4O3. The summed E-state index contributed by atoms with van der Waals surface area (Å²) in [5.74, 6) is 1.29. The number of halogens is 3. The van der Waals surface area contributed by atoms with E-state index in [0.29, 0.717) is 13.1 Å². The summed E-state index contributed by atoms with van der Waals surface area (Å²) >= 11 is 0. The zero-order chi connectivity index (χ0) is 27.0. The third-order valence-electron chi connectivity index (χ3n) is 6.10. The molecule has 0 saturated heterocycles. The van der Waals surface area contributed by atoms with E-state index in [4.69, 9.17) is 14.7 Å². The summed E-state index contributed by atoms with van der Waals surface area (Å²) in [5, 5.41) is 9.10. The Hall–Kier alpha value is -3.45. The van der Waals surface area contributed by atoms with E-state index in [1.165, 1.54) is 13.1 Å². The summed E-state index contributed by atoms with van der Waals surface area (Å²) in [7, 11) is 4.63. The Balaban J connectivity index is 0.000000346. The van der Waals surface area contributed by atoms with E-state index in [9.17, 15) is 18.0 Å². The molecule has 0 atom stereocenters. The Kier molecular flexibility index (Phi) is 9.99. The monoisotopic (exact) mass is 506 g/mol. The predicted molar refractivity (Wildman–Crippen MR) is 134 cm³/mol. The fraction of sp³-hybridized carbons (Fsp3) is 0.462. The number of nitriles is 1. The maximum atomic E-state index is 13.5. The van der Waals surface area contributed by atoms with Crippen LogP contribution in [0.15, 0.2) is 30.3 Å². The van der Waals surface area contributed by atoms with Crippen LogP contribution in [0.4, 0.5) is 24.5 Å². The molecule has 0 N–H and O–H groups in total. The first kappa shape index (κ1) is 28.8. The highest BCUT2D eigenvalue weighted by Crippen LogP contribution is 2.44. The van der Waals surface area contributed by atoms with Gasteiger partial charge in [0.2, 0.25) is 5.91 Å². The summed E-state index contributed by atoms with van der Waals surface area (Å²) in [5.41, 5.74) is 0.197. The van der Waals surface area contributed by atoms with Crippen LogP contribution in [-0.4, -0.2) is 64.8 Å². The third kappa shape index (κ3) is 6.82. The summed E-state index contributed by atoms with van der Waals surface area (Å²) in [4.78, 5) is 17.0. The maximum absolute atomic E-state index is 13.5. The van der Waals surface area contributed by atoms with Gasteiger partial charge in [0.05, 0.1) is 49.3 Å². The number of nitrogens with zero attached hydrogens (tertiary/aromatic N) is 4. The van der Waals surface area contributed by atoms with Crippen LogP contribution in [0.1, 0.15) is 30.5 Å². The lowest BCUT2D eigenvalue weighted by atomic mass is 10.0. The van der Waals surface area contributed by atoms with Crippen molar-refractivity contribution in [1.29, 1.82) is 5.26 Å². The molecule has 0 aliphatic carbocycles. The minimum absolute atomic E-state index is 0.00303. The molecule has 0 fully saturated rings. The third-order valence-corrected chi connectivity index (χ3v) is 6.10. The molecule has 0 aromatic heterocycles. The van der Waals surface area contributed by atoms with E-state index in [-0.39, 0.29) is 23.5 Å². The van der Waals surface area contributed by atoms with Crippen LogP contribution in [-0.2, 0) is 11.0 Å².